The monoisotopic (exact) mass is 451 g/mol. The molecule has 0 amide bonds. The van der Waals surface area contributed by atoms with E-state index in [-0.39, 0.29) is 5.91 Å². The van der Waals surface area contributed by atoms with Gasteiger partial charge in [0.15, 0.2) is 0 Å². The van der Waals surface area contributed by atoms with E-state index in [0.717, 1.165) is 21.1 Å². The van der Waals surface area contributed by atoms with E-state index in [2.05, 4.69) is 20.7 Å². The molecule has 0 spiro atoms. The van der Waals surface area contributed by atoms with Crippen LogP contribution in [0.1, 0.15) is 20.1 Å². The first-order chi connectivity index (χ1) is 15.2. The minimum atomic E-state index is -0.291. The highest BCUT2D eigenvalue weighted by Gasteiger charge is 2.14. The second-order valence-electron chi connectivity index (χ2n) is 6.48. The number of benzene rings is 1. The number of hydrogen-bond donors (Lipinski definition) is 2. The van der Waals surface area contributed by atoms with Gasteiger partial charge in [-0.1, -0.05) is 24.3 Å². The number of carbonyl (C=O) groups is 1. The van der Waals surface area contributed by atoms with Crippen molar-refractivity contribution in [1.29, 1.82) is 0 Å². The van der Waals surface area contributed by atoms with Gasteiger partial charge in [-0.15, -0.1) is 27.8 Å². The van der Waals surface area contributed by atoms with Crippen LogP contribution in [0.25, 0.3) is 6.08 Å². The third kappa shape index (κ3) is 5.59. The Morgan fingerprint density at radius 2 is 1.71 bits per heavy atom. The third-order valence-corrected chi connectivity index (χ3v) is 6.10. The summed E-state index contributed by atoms with van der Waals surface area (Å²) in [5, 5.41) is 14.8. The minimum absolute atomic E-state index is 0.291. The lowest BCUT2D eigenvalue weighted by Crippen LogP contribution is -2.14. The molecule has 7 nitrogen and oxygen atoms in total. The molecule has 0 saturated heterocycles. The lowest BCUT2D eigenvalue weighted by atomic mass is 10.2. The number of allylic oxidation sites excluding steroid dienone is 1. The van der Waals surface area contributed by atoms with Crippen molar-refractivity contribution in [3.63, 3.8) is 0 Å². The van der Waals surface area contributed by atoms with Crippen LogP contribution in [0, 0.1) is 0 Å². The van der Waals surface area contributed by atoms with Crippen LogP contribution in [0.2, 0.25) is 0 Å². The number of methoxy groups -OCH3 is 1. The summed E-state index contributed by atoms with van der Waals surface area (Å²) in [6, 6.07) is 15.5. The minimum Gasteiger partial charge on any atom is -0.497 e. The van der Waals surface area contributed by atoms with E-state index in [9.17, 15) is 4.79 Å². The normalized spacial score (nSPS) is 11.0. The Hall–Kier alpha value is -3.43. The van der Waals surface area contributed by atoms with Gasteiger partial charge in [-0.2, -0.15) is 9.67 Å². The number of nitrogens with zero attached hydrogens (tertiary/aromatic N) is 3. The topological polar surface area (TPSA) is 81.1 Å². The van der Waals surface area contributed by atoms with Crippen LogP contribution in [0.15, 0.2) is 65.4 Å². The first kappa shape index (κ1) is 20.8. The standard InChI is InChI=1S/C22H21N5O2S2/c1-29-17-9-6-16(7-10-17)8-11-20(28)27-22(24-15-19-5-3-13-31-19)25-21(26-27)23-14-18-4-2-12-30-18/h2-13H,14-15H2,1H3,(H2,23,24,25,26)/b11-8+. The van der Waals surface area contributed by atoms with E-state index >= 15 is 0 Å². The molecule has 3 aromatic heterocycles. The molecule has 0 bridgehead atoms. The van der Waals surface area contributed by atoms with E-state index < -0.39 is 0 Å². The Morgan fingerprint density at radius 1 is 1.03 bits per heavy atom. The number of carbonyl (C=O) groups excluding carboxylic acids is 1. The van der Waals surface area contributed by atoms with Gasteiger partial charge in [0.05, 0.1) is 20.2 Å². The van der Waals surface area contributed by atoms with E-state index in [4.69, 9.17) is 4.74 Å². The van der Waals surface area contributed by atoms with Gasteiger partial charge in [-0.05, 0) is 46.7 Å². The summed E-state index contributed by atoms with van der Waals surface area (Å²) in [6.45, 7) is 1.16. The fraction of sp³-hybridized carbons (Fsp3) is 0.136. The summed E-state index contributed by atoms with van der Waals surface area (Å²) in [6.07, 6.45) is 3.22. The van der Waals surface area contributed by atoms with Gasteiger partial charge in [0.25, 0.3) is 5.91 Å². The molecular weight excluding hydrogens is 430 g/mol. The van der Waals surface area contributed by atoms with Gasteiger partial charge in [0, 0.05) is 15.8 Å². The summed E-state index contributed by atoms with van der Waals surface area (Å²) in [4.78, 5) is 19.6. The van der Waals surface area contributed by atoms with Gasteiger partial charge >= 0.3 is 0 Å². The SMILES string of the molecule is COc1ccc(/C=C/C(=O)n2nc(NCc3cccs3)nc2NCc2cccs2)cc1. The molecule has 0 saturated carbocycles. The van der Waals surface area contributed by atoms with Gasteiger partial charge in [0.2, 0.25) is 11.9 Å². The van der Waals surface area contributed by atoms with Crippen LogP contribution in [-0.2, 0) is 13.1 Å². The molecule has 0 unspecified atom stereocenters. The highest BCUT2D eigenvalue weighted by atomic mass is 32.1. The highest BCUT2D eigenvalue weighted by molar-refractivity contribution is 7.10. The second-order valence-corrected chi connectivity index (χ2v) is 8.55. The molecule has 0 radical (unpaired) electrons. The van der Waals surface area contributed by atoms with E-state index in [1.54, 1.807) is 35.9 Å². The van der Waals surface area contributed by atoms with Crippen molar-refractivity contribution in [2.75, 3.05) is 17.7 Å². The van der Waals surface area contributed by atoms with Crippen molar-refractivity contribution < 1.29 is 9.53 Å². The molecule has 0 fully saturated rings. The Morgan fingerprint density at radius 3 is 2.32 bits per heavy atom. The molecule has 0 aliphatic heterocycles. The van der Waals surface area contributed by atoms with Gasteiger partial charge in [-0.3, -0.25) is 4.79 Å². The molecule has 31 heavy (non-hydrogen) atoms. The molecular formula is C22H21N5O2S2. The Balaban J connectivity index is 1.50. The van der Waals surface area contributed by atoms with Crippen molar-refractivity contribution in [1.82, 2.24) is 14.8 Å². The summed E-state index contributed by atoms with van der Waals surface area (Å²) in [5.41, 5.74) is 0.887. The maximum atomic E-state index is 12.9. The third-order valence-electron chi connectivity index (χ3n) is 4.35. The lowest BCUT2D eigenvalue weighted by molar-refractivity contribution is 0.0957. The number of anilines is 2. The second kappa shape index (κ2) is 10.1. The Kier molecular flexibility index (Phi) is 6.75. The average Bonchev–Trinajstić information content (AvgIpc) is 3.57. The van der Waals surface area contributed by atoms with Crippen molar-refractivity contribution in [2.45, 2.75) is 13.1 Å². The summed E-state index contributed by atoms with van der Waals surface area (Å²) in [7, 11) is 1.62. The molecule has 2 N–H and O–H groups in total. The van der Waals surface area contributed by atoms with Crippen LogP contribution >= 0.6 is 22.7 Å². The molecule has 4 rings (SSSR count). The quantitative estimate of drug-likeness (QED) is 0.349. The highest BCUT2D eigenvalue weighted by Crippen LogP contribution is 2.17. The van der Waals surface area contributed by atoms with Crippen LogP contribution in [0.4, 0.5) is 11.9 Å². The molecule has 0 aliphatic rings. The number of hydrogen-bond acceptors (Lipinski definition) is 8. The number of nitrogens with one attached hydrogen (secondary N) is 2. The zero-order valence-corrected chi connectivity index (χ0v) is 18.5. The van der Waals surface area contributed by atoms with Crippen LogP contribution in [-0.4, -0.2) is 27.8 Å². The van der Waals surface area contributed by atoms with Crippen LogP contribution in [0.5, 0.6) is 5.75 Å². The predicted molar refractivity (Wildman–Crippen MR) is 126 cm³/mol. The molecule has 3 heterocycles. The zero-order valence-electron chi connectivity index (χ0n) is 16.8. The van der Waals surface area contributed by atoms with Crippen molar-refractivity contribution in [2.24, 2.45) is 0 Å². The molecule has 158 valence electrons. The largest absolute Gasteiger partial charge is 0.497 e. The summed E-state index contributed by atoms with van der Waals surface area (Å²) >= 11 is 3.29. The first-order valence-corrected chi connectivity index (χ1v) is 11.3. The van der Waals surface area contributed by atoms with E-state index in [1.165, 1.54) is 10.8 Å². The number of thiophene rings is 2. The average molecular weight is 452 g/mol. The van der Waals surface area contributed by atoms with Crippen molar-refractivity contribution in [3.05, 3.63) is 80.7 Å². The fourth-order valence-electron chi connectivity index (χ4n) is 2.77. The summed E-state index contributed by atoms with van der Waals surface area (Å²) in [5.74, 6) is 1.27. The van der Waals surface area contributed by atoms with Crippen LogP contribution in [0.3, 0.4) is 0 Å². The van der Waals surface area contributed by atoms with Crippen molar-refractivity contribution in [3.8, 4) is 5.75 Å². The van der Waals surface area contributed by atoms with Gasteiger partial charge in [-0.25, -0.2) is 0 Å². The fourth-order valence-corrected chi connectivity index (χ4v) is 4.06. The lowest BCUT2D eigenvalue weighted by Gasteiger charge is -2.04. The maximum Gasteiger partial charge on any atom is 0.274 e. The number of ether oxygens (including phenoxy) is 1. The predicted octanol–water partition coefficient (Wildman–Crippen LogP) is 4.99. The zero-order chi connectivity index (χ0) is 21.5. The van der Waals surface area contributed by atoms with Gasteiger partial charge in [0.1, 0.15) is 5.75 Å². The molecule has 1 aromatic carbocycles. The van der Waals surface area contributed by atoms with E-state index in [0.29, 0.717) is 25.0 Å². The van der Waals surface area contributed by atoms with Crippen LogP contribution < -0.4 is 15.4 Å². The maximum absolute atomic E-state index is 12.9. The molecule has 0 aliphatic carbocycles. The number of aromatic nitrogens is 3. The molecule has 9 heteroatoms. The Bertz CT molecular complexity index is 1130. The summed E-state index contributed by atoms with van der Waals surface area (Å²) < 4.78 is 6.44. The Labute approximate surface area is 188 Å². The van der Waals surface area contributed by atoms with E-state index in [1.807, 2.05) is 59.3 Å². The molecule has 0 atom stereocenters. The van der Waals surface area contributed by atoms with Crippen molar-refractivity contribution >= 4 is 46.6 Å². The first-order valence-electron chi connectivity index (χ1n) is 9.57. The number of rotatable bonds is 9. The smallest absolute Gasteiger partial charge is 0.274 e. The van der Waals surface area contributed by atoms with Gasteiger partial charge < -0.3 is 15.4 Å². The molecule has 4 aromatic rings.